The summed E-state index contributed by atoms with van der Waals surface area (Å²) in [7, 11) is 0. The fraction of sp³-hybridized carbons (Fsp3) is 0.462. The van der Waals surface area contributed by atoms with E-state index in [9.17, 15) is 14.3 Å². The Hall–Kier alpha value is -1.42. The van der Waals surface area contributed by atoms with Crippen molar-refractivity contribution in [1.29, 1.82) is 0 Å². The minimum absolute atomic E-state index is 0.209. The Balaban J connectivity index is 2.01. The molecule has 17 heavy (non-hydrogen) atoms. The SMILES string of the molecule is O=C(N[C@@H]1CCCC[C@@H]1O)c1cccc(F)c1. The van der Waals surface area contributed by atoms with Crippen LogP contribution in [0.4, 0.5) is 4.39 Å². The van der Waals surface area contributed by atoms with Gasteiger partial charge in [0.25, 0.3) is 5.91 Å². The molecule has 0 radical (unpaired) electrons. The standard InChI is InChI=1S/C13H16FNO2/c14-10-5-3-4-9(8-10)13(17)15-11-6-1-2-7-12(11)16/h3-5,8,11-12,16H,1-2,6-7H2,(H,15,17)/t11-,12+/m1/s1. The molecule has 0 aromatic heterocycles. The lowest BCUT2D eigenvalue weighted by Gasteiger charge is -2.28. The van der Waals surface area contributed by atoms with Gasteiger partial charge in [-0.2, -0.15) is 0 Å². The van der Waals surface area contributed by atoms with Crippen molar-refractivity contribution in [2.75, 3.05) is 0 Å². The van der Waals surface area contributed by atoms with Crippen LogP contribution in [0.1, 0.15) is 36.0 Å². The van der Waals surface area contributed by atoms with Gasteiger partial charge < -0.3 is 10.4 Å². The summed E-state index contributed by atoms with van der Waals surface area (Å²) in [6.45, 7) is 0. The summed E-state index contributed by atoms with van der Waals surface area (Å²) in [5.41, 5.74) is 0.294. The lowest BCUT2D eigenvalue weighted by molar-refractivity contribution is 0.0717. The quantitative estimate of drug-likeness (QED) is 0.824. The van der Waals surface area contributed by atoms with E-state index in [4.69, 9.17) is 0 Å². The molecular formula is C13H16FNO2. The van der Waals surface area contributed by atoms with Gasteiger partial charge in [0.05, 0.1) is 12.1 Å². The zero-order valence-electron chi connectivity index (χ0n) is 9.53. The third-order valence-corrected chi connectivity index (χ3v) is 3.13. The van der Waals surface area contributed by atoms with Gasteiger partial charge in [-0.1, -0.05) is 18.9 Å². The van der Waals surface area contributed by atoms with Gasteiger partial charge in [0.15, 0.2) is 0 Å². The van der Waals surface area contributed by atoms with Crippen LogP contribution in [0.2, 0.25) is 0 Å². The minimum Gasteiger partial charge on any atom is -0.391 e. The first kappa shape index (κ1) is 12.0. The number of halogens is 1. The molecule has 2 atom stereocenters. The second-order valence-corrected chi connectivity index (χ2v) is 4.44. The fourth-order valence-electron chi connectivity index (χ4n) is 2.16. The Morgan fingerprint density at radius 1 is 1.35 bits per heavy atom. The van der Waals surface area contributed by atoms with Gasteiger partial charge >= 0.3 is 0 Å². The molecule has 1 aliphatic rings. The number of benzene rings is 1. The number of carbonyl (C=O) groups excluding carboxylic acids is 1. The van der Waals surface area contributed by atoms with E-state index in [0.717, 1.165) is 19.3 Å². The first-order valence-electron chi connectivity index (χ1n) is 5.91. The Bertz CT molecular complexity index is 408. The number of carbonyl (C=O) groups is 1. The van der Waals surface area contributed by atoms with Crippen LogP contribution in [0.25, 0.3) is 0 Å². The monoisotopic (exact) mass is 237 g/mol. The van der Waals surface area contributed by atoms with Gasteiger partial charge in [-0.25, -0.2) is 4.39 Å². The smallest absolute Gasteiger partial charge is 0.251 e. The highest BCUT2D eigenvalue weighted by Gasteiger charge is 2.24. The molecule has 1 saturated carbocycles. The molecule has 2 N–H and O–H groups in total. The highest BCUT2D eigenvalue weighted by molar-refractivity contribution is 5.94. The topological polar surface area (TPSA) is 49.3 Å². The number of aliphatic hydroxyl groups is 1. The fourth-order valence-corrected chi connectivity index (χ4v) is 2.16. The second-order valence-electron chi connectivity index (χ2n) is 4.44. The number of amides is 1. The summed E-state index contributed by atoms with van der Waals surface area (Å²) >= 11 is 0. The number of aliphatic hydroxyl groups excluding tert-OH is 1. The number of nitrogens with one attached hydrogen (secondary N) is 1. The summed E-state index contributed by atoms with van der Waals surface area (Å²) in [5, 5.41) is 12.5. The maximum absolute atomic E-state index is 13.0. The molecule has 0 saturated heterocycles. The lowest BCUT2D eigenvalue weighted by atomic mass is 9.92. The van der Waals surface area contributed by atoms with Crippen molar-refractivity contribution in [3.8, 4) is 0 Å². The molecule has 2 rings (SSSR count). The normalized spacial score (nSPS) is 24.4. The molecule has 1 aromatic rings. The highest BCUT2D eigenvalue weighted by atomic mass is 19.1. The van der Waals surface area contributed by atoms with E-state index in [0.29, 0.717) is 12.0 Å². The van der Waals surface area contributed by atoms with E-state index < -0.39 is 11.9 Å². The largest absolute Gasteiger partial charge is 0.391 e. The Morgan fingerprint density at radius 2 is 2.12 bits per heavy atom. The average Bonchev–Trinajstić information content (AvgIpc) is 2.32. The number of hydrogen-bond donors (Lipinski definition) is 2. The molecule has 0 bridgehead atoms. The van der Waals surface area contributed by atoms with Gasteiger partial charge in [0.2, 0.25) is 0 Å². The van der Waals surface area contributed by atoms with E-state index in [-0.39, 0.29) is 11.9 Å². The predicted molar refractivity (Wildman–Crippen MR) is 62.1 cm³/mol. The van der Waals surface area contributed by atoms with Crippen molar-refractivity contribution in [2.24, 2.45) is 0 Å². The maximum atomic E-state index is 13.0. The van der Waals surface area contributed by atoms with Crippen LogP contribution < -0.4 is 5.32 Å². The zero-order chi connectivity index (χ0) is 12.3. The lowest BCUT2D eigenvalue weighted by Crippen LogP contribution is -2.45. The molecule has 0 unspecified atom stereocenters. The van der Waals surface area contributed by atoms with E-state index >= 15 is 0 Å². The molecule has 0 spiro atoms. The predicted octanol–water partition coefficient (Wildman–Crippen LogP) is 1.86. The summed E-state index contributed by atoms with van der Waals surface area (Å²) in [5.74, 6) is -0.753. The molecule has 3 nitrogen and oxygen atoms in total. The van der Waals surface area contributed by atoms with Gasteiger partial charge in [0.1, 0.15) is 5.82 Å². The van der Waals surface area contributed by atoms with Gasteiger partial charge in [0, 0.05) is 5.56 Å². The minimum atomic E-state index is -0.485. The van der Waals surface area contributed by atoms with E-state index in [1.807, 2.05) is 0 Å². The summed E-state index contributed by atoms with van der Waals surface area (Å²) in [6.07, 6.45) is 3.01. The number of rotatable bonds is 2. The van der Waals surface area contributed by atoms with Crippen molar-refractivity contribution in [3.63, 3.8) is 0 Å². The van der Waals surface area contributed by atoms with E-state index in [1.165, 1.54) is 18.2 Å². The maximum Gasteiger partial charge on any atom is 0.251 e. The molecule has 1 fully saturated rings. The van der Waals surface area contributed by atoms with Crippen LogP contribution >= 0.6 is 0 Å². The highest BCUT2D eigenvalue weighted by Crippen LogP contribution is 2.18. The van der Waals surface area contributed by atoms with Gasteiger partial charge in [-0.05, 0) is 31.0 Å². The molecule has 1 amide bonds. The van der Waals surface area contributed by atoms with Crippen molar-refractivity contribution >= 4 is 5.91 Å². The van der Waals surface area contributed by atoms with Crippen molar-refractivity contribution in [3.05, 3.63) is 35.6 Å². The van der Waals surface area contributed by atoms with Crippen LogP contribution in [0.3, 0.4) is 0 Å². The molecule has 4 heteroatoms. The molecule has 1 aliphatic carbocycles. The van der Waals surface area contributed by atoms with Crippen LogP contribution in [-0.2, 0) is 0 Å². The Morgan fingerprint density at radius 3 is 2.82 bits per heavy atom. The Kier molecular flexibility index (Phi) is 3.74. The molecule has 92 valence electrons. The van der Waals surface area contributed by atoms with Gasteiger partial charge in [-0.15, -0.1) is 0 Å². The van der Waals surface area contributed by atoms with Crippen LogP contribution in [0.5, 0.6) is 0 Å². The summed E-state index contributed by atoms with van der Waals surface area (Å²) < 4.78 is 13.0. The van der Waals surface area contributed by atoms with E-state index in [1.54, 1.807) is 6.07 Å². The first-order valence-corrected chi connectivity index (χ1v) is 5.91. The Labute approximate surface area is 99.7 Å². The zero-order valence-corrected chi connectivity index (χ0v) is 9.53. The third-order valence-electron chi connectivity index (χ3n) is 3.13. The van der Waals surface area contributed by atoms with Crippen molar-refractivity contribution in [2.45, 2.75) is 37.8 Å². The van der Waals surface area contributed by atoms with Crippen LogP contribution in [-0.4, -0.2) is 23.2 Å². The van der Waals surface area contributed by atoms with Crippen molar-refractivity contribution in [1.82, 2.24) is 5.32 Å². The number of hydrogen-bond acceptors (Lipinski definition) is 2. The van der Waals surface area contributed by atoms with E-state index in [2.05, 4.69) is 5.32 Å². The molecule has 1 aromatic carbocycles. The second kappa shape index (κ2) is 5.27. The first-order chi connectivity index (χ1) is 8.16. The molecule has 0 heterocycles. The molecular weight excluding hydrogens is 221 g/mol. The van der Waals surface area contributed by atoms with Crippen LogP contribution in [0.15, 0.2) is 24.3 Å². The average molecular weight is 237 g/mol. The molecule has 0 aliphatic heterocycles. The van der Waals surface area contributed by atoms with Gasteiger partial charge in [-0.3, -0.25) is 4.79 Å². The summed E-state index contributed by atoms with van der Waals surface area (Å²) in [6, 6.07) is 5.35. The van der Waals surface area contributed by atoms with Crippen molar-refractivity contribution < 1.29 is 14.3 Å². The third kappa shape index (κ3) is 3.03. The summed E-state index contributed by atoms with van der Waals surface area (Å²) in [4.78, 5) is 11.8. The van der Waals surface area contributed by atoms with Crippen LogP contribution in [0, 0.1) is 5.82 Å².